The molecule has 1 amide bonds. The maximum Gasteiger partial charge on any atom is 0.394 e. The molecule has 1 aromatic heterocycles. The van der Waals surface area contributed by atoms with Crippen molar-refractivity contribution >= 4 is 21.9 Å². The van der Waals surface area contributed by atoms with Gasteiger partial charge in [0.05, 0.1) is 22.0 Å². The number of nitrogens with zero attached hydrogens (tertiary/aromatic N) is 3. The summed E-state index contributed by atoms with van der Waals surface area (Å²) in [5.74, 6) is -0.872. The standard InChI is InChI=1S/C30H32F3N5O4S/c1-17-5-3-6-18(2)26(17)24-14-25-36-28(35-24)37-43(40,41)23-8-4-7-19(11-23)27(39)38(21-12-20(34)13-21)22(16-42-25)15-29(9-10-29)30(31,32)33/h3-8,11,14,20-22H,9-10,12-13,15-16,34H2,1-2H3,(H,35,36,37)/t20-,21+,22-/m1/s1. The number of carbonyl (C=O) groups excluding carboxylic acids is 1. The smallest absolute Gasteiger partial charge is 0.394 e. The van der Waals surface area contributed by atoms with Crippen LogP contribution in [0.4, 0.5) is 19.1 Å². The highest BCUT2D eigenvalue weighted by Gasteiger charge is 2.64. The first kappa shape index (κ1) is 29.4. The molecule has 4 bridgehead atoms. The molecule has 2 heterocycles. The lowest BCUT2D eigenvalue weighted by Crippen LogP contribution is -2.58. The molecule has 6 rings (SSSR count). The topological polar surface area (TPSA) is 128 Å². The van der Waals surface area contributed by atoms with E-state index in [9.17, 15) is 26.4 Å². The van der Waals surface area contributed by atoms with Gasteiger partial charge >= 0.3 is 6.18 Å². The second-order valence-corrected chi connectivity index (χ2v) is 13.5. The molecule has 1 aliphatic heterocycles. The van der Waals surface area contributed by atoms with E-state index in [4.69, 9.17) is 10.5 Å². The molecule has 3 aromatic rings. The molecule has 2 aliphatic carbocycles. The Hall–Kier alpha value is -3.71. The van der Waals surface area contributed by atoms with Gasteiger partial charge in [0.15, 0.2) is 0 Å². The van der Waals surface area contributed by atoms with Crippen molar-refractivity contribution in [3.05, 3.63) is 65.2 Å². The molecular formula is C30H32F3N5O4S. The minimum atomic E-state index is -4.45. The quantitative estimate of drug-likeness (QED) is 0.424. The summed E-state index contributed by atoms with van der Waals surface area (Å²) in [4.78, 5) is 24.0. The highest BCUT2D eigenvalue weighted by atomic mass is 32.2. The zero-order chi connectivity index (χ0) is 30.7. The minimum absolute atomic E-state index is 0.0316. The second-order valence-electron chi connectivity index (χ2n) is 11.9. The summed E-state index contributed by atoms with van der Waals surface area (Å²) in [5, 5.41) is 0. The molecule has 43 heavy (non-hydrogen) atoms. The van der Waals surface area contributed by atoms with Crippen molar-refractivity contribution in [3.8, 4) is 17.1 Å². The first-order valence-electron chi connectivity index (χ1n) is 14.1. The fraction of sp³-hybridized carbons (Fsp3) is 0.433. The Morgan fingerprint density at radius 1 is 1.07 bits per heavy atom. The second kappa shape index (κ2) is 10.5. The van der Waals surface area contributed by atoms with Crippen LogP contribution in [0.25, 0.3) is 11.3 Å². The molecular weight excluding hydrogens is 583 g/mol. The average Bonchev–Trinajstić information content (AvgIpc) is 3.71. The molecule has 9 nitrogen and oxygen atoms in total. The first-order valence-corrected chi connectivity index (χ1v) is 15.6. The number of carbonyl (C=O) groups is 1. The molecule has 2 saturated carbocycles. The van der Waals surface area contributed by atoms with Gasteiger partial charge in [-0.25, -0.2) is 18.1 Å². The number of halogens is 3. The zero-order valence-corrected chi connectivity index (χ0v) is 24.5. The van der Waals surface area contributed by atoms with Gasteiger partial charge in [-0.05, 0) is 75.3 Å². The van der Waals surface area contributed by atoms with Gasteiger partial charge in [-0.2, -0.15) is 18.2 Å². The Morgan fingerprint density at radius 3 is 2.37 bits per heavy atom. The number of amides is 1. The monoisotopic (exact) mass is 615 g/mol. The number of aromatic nitrogens is 2. The van der Waals surface area contributed by atoms with Crippen molar-refractivity contribution in [3.63, 3.8) is 0 Å². The van der Waals surface area contributed by atoms with E-state index in [0.717, 1.165) is 16.7 Å². The number of nitrogens with one attached hydrogen (secondary N) is 1. The number of aryl methyl sites for hydroxylation is 2. The minimum Gasteiger partial charge on any atom is -0.475 e. The molecule has 2 aromatic carbocycles. The van der Waals surface area contributed by atoms with E-state index in [2.05, 4.69) is 14.7 Å². The lowest BCUT2D eigenvalue weighted by Gasteiger charge is -2.46. The molecule has 0 spiro atoms. The number of sulfonamides is 1. The Kier molecular flexibility index (Phi) is 7.15. The van der Waals surface area contributed by atoms with Crippen LogP contribution < -0.4 is 15.2 Å². The number of fused-ring (bicyclic) bond motifs is 4. The third-order valence-corrected chi connectivity index (χ3v) is 10.1. The molecule has 228 valence electrons. The Morgan fingerprint density at radius 2 is 1.74 bits per heavy atom. The Labute approximate surface area is 247 Å². The molecule has 3 aliphatic rings. The summed E-state index contributed by atoms with van der Waals surface area (Å²) >= 11 is 0. The molecule has 1 atom stereocenters. The van der Waals surface area contributed by atoms with Crippen molar-refractivity contribution in [2.75, 3.05) is 11.3 Å². The van der Waals surface area contributed by atoms with Crippen LogP contribution in [-0.4, -0.2) is 60.1 Å². The number of anilines is 1. The highest BCUT2D eigenvalue weighted by molar-refractivity contribution is 7.92. The summed E-state index contributed by atoms with van der Waals surface area (Å²) in [7, 11) is -4.26. The molecule has 0 unspecified atom stereocenters. The fourth-order valence-electron chi connectivity index (χ4n) is 6.13. The van der Waals surface area contributed by atoms with Gasteiger partial charge in [-0.15, -0.1) is 0 Å². The molecule has 13 heteroatoms. The summed E-state index contributed by atoms with van der Waals surface area (Å²) < 4.78 is 78.0. The van der Waals surface area contributed by atoms with Crippen molar-refractivity contribution in [2.24, 2.45) is 11.1 Å². The lowest BCUT2D eigenvalue weighted by molar-refractivity contribution is -0.193. The van der Waals surface area contributed by atoms with Gasteiger partial charge in [0, 0.05) is 29.3 Å². The van der Waals surface area contributed by atoms with E-state index in [0.29, 0.717) is 18.5 Å². The van der Waals surface area contributed by atoms with E-state index >= 15 is 0 Å². The van der Waals surface area contributed by atoms with Crippen LogP contribution in [0.3, 0.4) is 0 Å². The van der Waals surface area contributed by atoms with Crippen molar-refractivity contribution in [1.82, 2.24) is 14.9 Å². The lowest BCUT2D eigenvalue weighted by atomic mass is 9.83. The first-order chi connectivity index (χ1) is 20.3. The number of benzene rings is 2. The number of ether oxygens (including phenoxy) is 1. The number of hydrogen-bond acceptors (Lipinski definition) is 7. The van der Waals surface area contributed by atoms with Crippen molar-refractivity contribution < 1.29 is 31.1 Å². The maximum absolute atomic E-state index is 14.2. The van der Waals surface area contributed by atoms with E-state index < -0.39 is 39.6 Å². The third kappa shape index (κ3) is 5.55. The van der Waals surface area contributed by atoms with Crippen LogP contribution in [0.2, 0.25) is 0 Å². The van der Waals surface area contributed by atoms with Crippen LogP contribution in [0, 0.1) is 19.3 Å². The van der Waals surface area contributed by atoms with Crippen molar-refractivity contribution in [1.29, 1.82) is 0 Å². The highest BCUT2D eigenvalue weighted by Crippen LogP contribution is 2.61. The van der Waals surface area contributed by atoms with Gasteiger partial charge in [0.1, 0.15) is 6.61 Å². The normalized spacial score (nSPS) is 24.4. The van der Waals surface area contributed by atoms with Gasteiger partial charge < -0.3 is 15.4 Å². The zero-order valence-electron chi connectivity index (χ0n) is 23.7. The summed E-state index contributed by atoms with van der Waals surface area (Å²) in [6, 6.07) is 11.0. The summed E-state index contributed by atoms with van der Waals surface area (Å²) in [6.45, 7) is 3.49. The number of nitrogens with two attached hydrogens (primary N) is 1. The summed E-state index contributed by atoms with van der Waals surface area (Å²) in [6.07, 6.45) is -4.05. The van der Waals surface area contributed by atoms with Gasteiger partial charge in [-0.1, -0.05) is 24.3 Å². The molecule has 0 saturated heterocycles. The summed E-state index contributed by atoms with van der Waals surface area (Å²) in [5.41, 5.74) is 7.04. The SMILES string of the molecule is Cc1cccc(C)c1-c1cc2nc(n1)NS(=O)(=O)c1cccc(c1)C(=O)N([C@H]1C[C@@H](N)C1)[C@H](CC1(C(F)(F)F)CC1)CO2. The van der Waals surface area contributed by atoms with Gasteiger partial charge in [0.2, 0.25) is 11.8 Å². The maximum atomic E-state index is 14.2. The fourth-order valence-corrected chi connectivity index (χ4v) is 7.12. The Balaban J connectivity index is 1.50. The van der Waals surface area contributed by atoms with E-state index in [1.807, 2.05) is 32.0 Å². The number of hydrogen-bond donors (Lipinski definition) is 2. The predicted molar refractivity (Wildman–Crippen MR) is 153 cm³/mol. The molecule has 3 N–H and O–H groups in total. The number of rotatable bonds is 4. The third-order valence-electron chi connectivity index (χ3n) is 8.73. The molecule has 2 fully saturated rings. The van der Waals surface area contributed by atoms with Crippen molar-refractivity contribution in [2.45, 2.75) is 75.1 Å². The van der Waals surface area contributed by atoms with E-state index in [-0.39, 0.29) is 54.2 Å². The van der Waals surface area contributed by atoms with Crippen LogP contribution in [0.5, 0.6) is 5.88 Å². The van der Waals surface area contributed by atoms with Crippen LogP contribution >= 0.6 is 0 Å². The average molecular weight is 616 g/mol. The van der Waals surface area contributed by atoms with Crippen LogP contribution in [0.15, 0.2) is 53.4 Å². The van der Waals surface area contributed by atoms with E-state index in [1.54, 1.807) is 0 Å². The molecule has 0 radical (unpaired) electrons. The predicted octanol–water partition coefficient (Wildman–Crippen LogP) is 4.99. The van der Waals surface area contributed by atoms with Gasteiger partial charge in [-0.3, -0.25) is 4.79 Å². The van der Waals surface area contributed by atoms with E-state index in [1.165, 1.54) is 35.2 Å². The largest absolute Gasteiger partial charge is 0.475 e. The number of alkyl halides is 3. The van der Waals surface area contributed by atoms with Crippen LogP contribution in [-0.2, 0) is 10.0 Å². The van der Waals surface area contributed by atoms with Gasteiger partial charge in [0.25, 0.3) is 15.9 Å². The Bertz CT molecular complexity index is 1670. The van der Waals surface area contributed by atoms with Crippen LogP contribution in [0.1, 0.15) is 53.6 Å².